The van der Waals surface area contributed by atoms with Crippen molar-refractivity contribution in [3.05, 3.63) is 35.9 Å². The van der Waals surface area contributed by atoms with Crippen LogP contribution in [0.3, 0.4) is 0 Å². The van der Waals surface area contributed by atoms with E-state index >= 15 is 0 Å². The summed E-state index contributed by atoms with van der Waals surface area (Å²) in [5.41, 5.74) is 0.510. The Balaban J connectivity index is 2.77. The van der Waals surface area contributed by atoms with Gasteiger partial charge in [-0.15, -0.1) is 0 Å². The number of carbonyl (C=O) groups is 2. The number of esters is 2. The zero-order chi connectivity index (χ0) is 19.9. The van der Waals surface area contributed by atoms with Crippen LogP contribution in [-0.2, 0) is 25.6 Å². The van der Waals surface area contributed by atoms with Crippen LogP contribution in [0.2, 0.25) is 0 Å². The molecule has 0 saturated carbocycles. The zero-order valence-corrected chi connectivity index (χ0v) is 17.1. The molecule has 5 nitrogen and oxygen atoms in total. The van der Waals surface area contributed by atoms with Crippen LogP contribution in [-0.4, -0.2) is 41.6 Å². The predicted octanol–water partition coefficient (Wildman–Crippen LogP) is 3.81. The van der Waals surface area contributed by atoms with Crippen LogP contribution in [0.4, 0.5) is 0 Å². The number of nitrogens with zero attached hydrogens (tertiary/aromatic N) is 1. The lowest BCUT2D eigenvalue weighted by molar-refractivity contribution is -0.177. The number of hydrogen-bond acceptors (Lipinski definition) is 5. The number of ether oxygens (including phenoxy) is 2. The van der Waals surface area contributed by atoms with Crippen LogP contribution >= 0.6 is 0 Å². The van der Waals surface area contributed by atoms with Gasteiger partial charge < -0.3 is 9.47 Å². The summed E-state index contributed by atoms with van der Waals surface area (Å²) in [5.74, 6) is -0.599. The molecule has 1 aromatic rings. The topological polar surface area (TPSA) is 55.8 Å². The molecule has 0 bridgehead atoms. The third-order valence-electron chi connectivity index (χ3n) is 3.81. The smallest absolute Gasteiger partial charge is 0.347 e. The molecule has 2 atom stereocenters. The first kappa shape index (κ1) is 22.2. The van der Waals surface area contributed by atoms with Gasteiger partial charge in [0.2, 0.25) is 0 Å². The Morgan fingerprint density at radius 3 is 2.12 bits per heavy atom. The maximum absolute atomic E-state index is 12.7. The lowest BCUT2D eigenvalue weighted by Gasteiger charge is -2.29. The monoisotopic (exact) mass is 363 g/mol. The second kappa shape index (κ2) is 9.72. The Morgan fingerprint density at radius 2 is 1.62 bits per heavy atom. The molecule has 0 spiro atoms. The number of rotatable bonds is 8. The summed E-state index contributed by atoms with van der Waals surface area (Å²) < 4.78 is 10.7. The molecular weight excluding hydrogens is 330 g/mol. The second-order valence-corrected chi connectivity index (χ2v) is 8.16. The lowest BCUT2D eigenvalue weighted by Crippen LogP contribution is -2.43. The number of benzene rings is 1. The fourth-order valence-electron chi connectivity index (χ4n) is 2.57. The molecule has 0 N–H and O–H groups in total. The van der Waals surface area contributed by atoms with E-state index in [9.17, 15) is 9.59 Å². The van der Waals surface area contributed by atoms with Gasteiger partial charge in [0.15, 0.2) is 6.10 Å². The summed E-state index contributed by atoms with van der Waals surface area (Å²) in [6.45, 7) is 11.7. The minimum absolute atomic E-state index is 0.322. The highest BCUT2D eigenvalue weighted by Crippen LogP contribution is 2.17. The van der Waals surface area contributed by atoms with E-state index in [2.05, 4.69) is 13.8 Å². The minimum atomic E-state index is -0.929. The average Bonchev–Trinajstić information content (AvgIpc) is 2.51. The zero-order valence-electron chi connectivity index (χ0n) is 17.1. The van der Waals surface area contributed by atoms with Crippen LogP contribution in [0.5, 0.6) is 0 Å². The van der Waals surface area contributed by atoms with Gasteiger partial charge in [-0.25, -0.2) is 4.79 Å². The van der Waals surface area contributed by atoms with Gasteiger partial charge in [-0.05, 0) is 52.6 Å². The van der Waals surface area contributed by atoms with Crippen LogP contribution in [0.1, 0.15) is 53.5 Å². The summed E-state index contributed by atoms with van der Waals surface area (Å²) in [7, 11) is 1.90. The molecule has 0 aliphatic rings. The Hall–Kier alpha value is -1.88. The first-order valence-electron chi connectivity index (χ1n) is 9.17. The van der Waals surface area contributed by atoms with E-state index in [1.54, 1.807) is 27.7 Å². The van der Waals surface area contributed by atoms with Gasteiger partial charge in [0.05, 0.1) is 0 Å². The van der Waals surface area contributed by atoms with Crippen molar-refractivity contribution < 1.29 is 19.1 Å². The normalized spacial score (nSPS) is 14.2. The quantitative estimate of drug-likeness (QED) is 0.658. The highest BCUT2D eigenvalue weighted by molar-refractivity contribution is 5.81. The van der Waals surface area contributed by atoms with Gasteiger partial charge in [-0.1, -0.05) is 44.2 Å². The van der Waals surface area contributed by atoms with E-state index in [0.29, 0.717) is 18.9 Å². The molecule has 0 unspecified atom stereocenters. The number of hydrogen-bond donors (Lipinski definition) is 0. The first-order chi connectivity index (χ1) is 12.0. The molecule has 1 aromatic carbocycles. The molecule has 0 saturated heterocycles. The van der Waals surface area contributed by atoms with E-state index in [-0.39, 0.29) is 0 Å². The van der Waals surface area contributed by atoms with Crippen LogP contribution in [0, 0.1) is 5.92 Å². The first-order valence-corrected chi connectivity index (χ1v) is 9.17. The fraction of sp³-hybridized carbons (Fsp3) is 0.619. The maximum Gasteiger partial charge on any atom is 0.347 e. The Labute approximate surface area is 157 Å². The van der Waals surface area contributed by atoms with Crippen LogP contribution in [0.25, 0.3) is 0 Å². The Bertz CT molecular complexity index is 577. The highest BCUT2D eigenvalue weighted by atomic mass is 16.6. The van der Waals surface area contributed by atoms with Gasteiger partial charge in [-0.2, -0.15) is 0 Å². The minimum Gasteiger partial charge on any atom is -0.457 e. The number of likely N-dealkylation sites (N-methyl/N-ethyl adjacent to an activating group) is 1. The van der Waals surface area contributed by atoms with Crippen LogP contribution in [0.15, 0.2) is 30.3 Å². The lowest BCUT2D eigenvalue weighted by atomic mass is 10.0. The molecule has 0 amide bonds. The van der Waals surface area contributed by atoms with E-state index < -0.39 is 29.7 Å². The summed E-state index contributed by atoms with van der Waals surface area (Å²) in [6.07, 6.45) is -0.273. The largest absolute Gasteiger partial charge is 0.457 e. The summed E-state index contributed by atoms with van der Waals surface area (Å²) >= 11 is 0. The fourth-order valence-corrected chi connectivity index (χ4v) is 2.57. The van der Waals surface area contributed by atoms with Gasteiger partial charge in [0.1, 0.15) is 11.6 Å². The third-order valence-corrected chi connectivity index (χ3v) is 3.81. The van der Waals surface area contributed by atoms with Crippen molar-refractivity contribution >= 4 is 11.9 Å². The molecule has 26 heavy (non-hydrogen) atoms. The van der Waals surface area contributed by atoms with Gasteiger partial charge >= 0.3 is 11.9 Å². The molecule has 146 valence electrons. The van der Waals surface area contributed by atoms with E-state index in [4.69, 9.17) is 9.47 Å². The molecule has 0 fully saturated rings. The highest BCUT2D eigenvalue weighted by Gasteiger charge is 2.30. The van der Waals surface area contributed by atoms with Crippen molar-refractivity contribution in [1.29, 1.82) is 0 Å². The standard InChI is InChI=1S/C21H33NO4/c1-15(2)13-18(22(7)14-17-11-9-8-10-12-17)20(24)25-16(3)19(23)26-21(4,5)6/h8-12,15-16,18H,13-14H2,1-7H3/t16-,18+/m1/s1. The van der Waals surface area contributed by atoms with Gasteiger partial charge in [0, 0.05) is 6.54 Å². The van der Waals surface area contributed by atoms with Crippen molar-refractivity contribution in [2.45, 2.75) is 72.3 Å². The SMILES string of the molecule is CC(C)C[C@@H](C(=O)O[C@H](C)C(=O)OC(C)(C)C)N(C)Cc1ccccc1. The number of carbonyl (C=O) groups excluding carboxylic acids is 2. The van der Waals surface area contributed by atoms with Crippen LogP contribution < -0.4 is 0 Å². The van der Waals surface area contributed by atoms with E-state index in [1.165, 1.54) is 0 Å². The molecule has 0 aromatic heterocycles. The van der Waals surface area contributed by atoms with Gasteiger partial charge in [0.25, 0.3) is 0 Å². The van der Waals surface area contributed by atoms with Crippen molar-refractivity contribution in [2.24, 2.45) is 5.92 Å². The molecule has 5 heteroatoms. The van der Waals surface area contributed by atoms with Crippen molar-refractivity contribution in [3.8, 4) is 0 Å². The van der Waals surface area contributed by atoms with Crippen molar-refractivity contribution in [3.63, 3.8) is 0 Å². The molecule has 0 aliphatic heterocycles. The third kappa shape index (κ3) is 8.00. The molecule has 0 radical (unpaired) electrons. The van der Waals surface area contributed by atoms with E-state index in [1.807, 2.05) is 42.3 Å². The average molecular weight is 363 g/mol. The molecule has 0 heterocycles. The Morgan fingerprint density at radius 1 is 1.04 bits per heavy atom. The van der Waals surface area contributed by atoms with E-state index in [0.717, 1.165) is 5.56 Å². The molecule has 0 aliphatic carbocycles. The summed E-state index contributed by atoms with van der Waals surface area (Å²) in [6, 6.07) is 9.55. The maximum atomic E-state index is 12.7. The van der Waals surface area contributed by atoms with Gasteiger partial charge in [-0.3, -0.25) is 9.69 Å². The second-order valence-electron chi connectivity index (χ2n) is 8.16. The Kier molecular flexibility index (Phi) is 8.28. The summed E-state index contributed by atoms with van der Waals surface area (Å²) in [5, 5.41) is 0. The molecule has 1 rings (SSSR count). The molecular formula is C21H33NO4. The summed E-state index contributed by atoms with van der Waals surface area (Å²) in [4.78, 5) is 26.8. The van der Waals surface area contributed by atoms with Crippen molar-refractivity contribution in [1.82, 2.24) is 4.90 Å². The predicted molar refractivity (Wildman–Crippen MR) is 103 cm³/mol. The van der Waals surface area contributed by atoms with Crippen molar-refractivity contribution in [2.75, 3.05) is 7.05 Å².